The van der Waals surface area contributed by atoms with Crippen molar-refractivity contribution in [2.45, 2.75) is 6.92 Å². The molecule has 0 fully saturated rings. The predicted molar refractivity (Wildman–Crippen MR) is 56.6 cm³/mol. The molecule has 0 aliphatic carbocycles. The van der Waals surface area contributed by atoms with E-state index in [1.807, 2.05) is 49.4 Å². The average Bonchev–Trinajstić information content (AvgIpc) is 2.68. The molecule has 1 aromatic heterocycles. The van der Waals surface area contributed by atoms with Gasteiger partial charge < -0.3 is 4.42 Å². The van der Waals surface area contributed by atoms with Crippen LogP contribution in [0.4, 0.5) is 0 Å². The molecule has 2 heteroatoms. The van der Waals surface area contributed by atoms with E-state index in [0.29, 0.717) is 5.89 Å². The Morgan fingerprint density at radius 2 is 2.00 bits per heavy atom. The van der Waals surface area contributed by atoms with Crippen molar-refractivity contribution < 1.29 is 4.42 Å². The summed E-state index contributed by atoms with van der Waals surface area (Å²) in [6.07, 6.45) is 5.48. The van der Waals surface area contributed by atoms with Gasteiger partial charge in [-0.2, -0.15) is 0 Å². The van der Waals surface area contributed by atoms with Gasteiger partial charge in [-0.3, -0.25) is 0 Å². The lowest BCUT2D eigenvalue weighted by Gasteiger charge is -1.92. The van der Waals surface area contributed by atoms with Crippen LogP contribution in [0.25, 0.3) is 17.4 Å². The molecule has 0 atom stereocenters. The maximum Gasteiger partial charge on any atom is 0.219 e. The molecule has 0 aliphatic heterocycles. The summed E-state index contributed by atoms with van der Waals surface area (Å²) in [6.45, 7) is 1.94. The number of benzene rings is 1. The SMILES string of the molecule is C/C=C/c1ncc(-c2ccccc2)o1. The van der Waals surface area contributed by atoms with E-state index in [-0.39, 0.29) is 0 Å². The van der Waals surface area contributed by atoms with Crippen LogP contribution in [0.15, 0.2) is 47.0 Å². The quantitative estimate of drug-likeness (QED) is 0.716. The van der Waals surface area contributed by atoms with E-state index in [9.17, 15) is 0 Å². The molecule has 1 aromatic carbocycles. The molecular formula is C12H11NO. The highest BCUT2D eigenvalue weighted by molar-refractivity contribution is 5.57. The first kappa shape index (κ1) is 8.75. The van der Waals surface area contributed by atoms with Crippen LogP contribution >= 0.6 is 0 Å². The van der Waals surface area contributed by atoms with Crippen molar-refractivity contribution in [3.05, 3.63) is 48.5 Å². The molecule has 0 saturated heterocycles. The summed E-state index contributed by atoms with van der Waals surface area (Å²) in [4.78, 5) is 4.13. The summed E-state index contributed by atoms with van der Waals surface area (Å²) in [7, 11) is 0. The molecule has 2 rings (SSSR count). The Hall–Kier alpha value is -1.83. The van der Waals surface area contributed by atoms with Crippen molar-refractivity contribution in [2.75, 3.05) is 0 Å². The van der Waals surface area contributed by atoms with Crippen molar-refractivity contribution in [3.63, 3.8) is 0 Å². The number of aromatic nitrogens is 1. The Balaban J connectivity index is 2.34. The molecule has 14 heavy (non-hydrogen) atoms. The van der Waals surface area contributed by atoms with E-state index < -0.39 is 0 Å². The van der Waals surface area contributed by atoms with Crippen molar-refractivity contribution in [1.29, 1.82) is 0 Å². The van der Waals surface area contributed by atoms with Gasteiger partial charge in [-0.05, 0) is 13.0 Å². The summed E-state index contributed by atoms with van der Waals surface area (Å²) >= 11 is 0. The van der Waals surface area contributed by atoms with Gasteiger partial charge in [0.05, 0.1) is 6.20 Å². The monoisotopic (exact) mass is 185 g/mol. The molecular weight excluding hydrogens is 174 g/mol. The highest BCUT2D eigenvalue weighted by Crippen LogP contribution is 2.19. The molecule has 70 valence electrons. The Kier molecular flexibility index (Phi) is 2.45. The third-order valence-corrected chi connectivity index (χ3v) is 1.89. The van der Waals surface area contributed by atoms with E-state index in [2.05, 4.69) is 4.98 Å². The Labute approximate surface area is 82.9 Å². The first-order chi connectivity index (χ1) is 6.90. The van der Waals surface area contributed by atoms with Gasteiger partial charge in [0, 0.05) is 5.56 Å². The van der Waals surface area contributed by atoms with E-state index in [0.717, 1.165) is 11.3 Å². The standard InChI is InChI=1S/C12H11NO/c1-2-6-12-13-9-11(14-12)10-7-4-3-5-8-10/h2-9H,1H3/b6-2+. The fraction of sp³-hybridized carbons (Fsp3) is 0.0833. The Morgan fingerprint density at radius 1 is 1.21 bits per heavy atom. The molecule has 2 nitrogen and oxygen atoms in total. The van der Waals surface area contributed by atoms with Gasteiger partial charge in [0.1, 0.15) is 0 Å². The molecule has 0 N–H and O–H groups in total. The second-order valence-corrected chi connectivity index (χ2v) is 2.93. The summed E-state index contributed by atoms with van der Waals surface area (Å²) in [5.74, 6) is 1.45. The highest BCUT2D eigenvalue weighted by Gasteiger charge is 2.02. The molecule has 0 amide bonds. The molecule has 0 saturated carbocycles. The van der Waals surface area contributed by atoms with Crippen LogP contribution in [0.5, 0.6) is 0 Å². The lowest BCUT2D eigenvalue weighted by molar-refractivity contribution is 0.560. The fourth-order valence-corrected chi connectivity index (χ4v) is 1.24. The van der Waals surface area contributed by atoms with Crippen molar-refractivity contribution in [3.8, 4) is 11.3 Å². The summed E-state index contributed by atoms with van der Waals surface area (Å²) in [5, 5.41) is 0. The van der Waals surface area contributed by atoms with E-state index >= 15 is 0 Å². The Morgan fingerprint density at radius 3 is 2.71 bits per heavy atom. The van der Waals surface area contributed by atoms with E-state index in [1.54, 1.807) is 6.20 Å². The van der Waals surface area contributed by atoms with E-state index in [4.69, 9.17) is 4.42 Å². The number of hydrogen-bond donors (Lipinski definition) is 0. The van der Waals surface area contributed by atoms with Crippen molar-refractivity contribution >= 4 is 6.08 Å². The van der Waals surface area contributed by atoms with Crippen molar-refractivity contribution in [1.82, 2.24) is 4.98 Å². The van der Waals surface area contributed by atoms with Crippen molar-refractivity contribution in [2.24, 2.45) is 0 Å². The maximum absolute atomic E-state index is 5.51. The van der Waals surface area contributed by atoms with Crippen LogP contribution in [0.3, 0.4) is 0 Å². The molecule has 0 unspecified atom stereocenters. The van der Waals surface area contributed by atoms with Gasteiger partial charge in [0.2, 0.25) is 5.89 Å². The van der Waals surface area contributed by atoms with Gasteiger partial charge in [-0.1, -0.05) is 36.4 Å². The van der Waals surface area contributed by atoms with Crippen LogP contribution in [-0.2, 0) is 0 Å². The average molecular weight is 185 g/mol. The van der Waals surface area contributed by atoms with Gasteiger partial charge in [-0.25, -0.2) is 4.98 Å². The largest absolute Gasteiger partial charge is 0.437 e. The van der Waals surface area contributed by atoms with Crippen LogP contribution in [0.1, 0.15) is 12.8 Å². The molecule has 1 heterocycles. The summed E-state index contributed by atoms with van der Waals surface area (Å²) in [5.41, 5.74) is 1.05. The number of rotatable bonds is 2. The van der Waals surface area contributed by atoms with Gasteiger partial charge >= 0.3 is 0 Å². The third-order valence-electron chi connectivity index (χ3n) is 1.89. The van der Waals surface area contributed by atoms with Crippen LogP contribution < -0.4 is 0 Å². The lowest BCUT2D eigenvalue weighted by atomic mass is 10.2. The number of oxazole rings is 1. The zero-order valence-electron chi connectivity index (χ0n) is 7.97. The first-order valence-electron chi connectivity index (χ1n) is 4.54. The second-order valence-electron chi connectivity index (χ2n) is 2.93. The molecule has 0 radical (unpaired) electrons. The first-order valence-corrected chi connectivity index (χ1v) is 4.54. The predicted octanol–water partition coefficient (Wildman–Crippen LogP) is 3.37. The maximum atomic E-state index is 5.51. The number of nitrogens with zero attached hydrogens (tertiary/aromatic N) is 1. The smallest absolute Gasteiger partial charge is 0.219 e. The minimum Gasteiger partial charge on any atom is -0.437 e. The van der Waals surface area contributed by atoms with Gasteiger partial charge in [0.25, 0.3) is 0 Å². The van der Waals surface area contributed by atoms with Gasteiger partial charge in [-0.15, -0.1) is 0 Å². The molecule has 0 spiro atoms. The van der Waals surface area contributed by atoms with Crippen LogP contribution in [-0.4, -0.2) is 4.98 Å². The third kappa shape index (κ3) is 1.74. The van der Waals surface area contributed by atoms with Crippen LogP contribution in [0.2, 0.25) is 0 Å². The lowest BCUT2D eigenvalue weighted by Crippen LogP contribution is -1.69. The number of allylic oxidation sites excluding steroid dienone is 1. The molecule has 0 bridgehead atoms. The van der Waals surface area contributed by atoms with Crippen LogP contribution in [0, 0.1) is 0 Å². The highest BCUT2D eigenvalue weighted by atomic mass is 16.4. The Bertz CT molecular complexity index is 429. The minimum atomic E-state index is 0.645. The normalized spacial score (nSPS) is 10.9. The zero-order chi connectivity index (χ0) is 9.80. The topological polar surface area (TPSA) is 26.0 Å². The van der Waals surface area contributed by atoms with Gasteiger partial charge in [0.15, 0.2) is 5.76 Å². The summed E-state index contributed by atoms with van der Waals surface area (Å²) in [6, 6.07) is 9.94. The summed E-state index contributed by atoms with van der Waals surface area (Å²) < 4.78 is 5.51. The van der Waals surface area contributed by atoms with E-state index in [1.165, 1.54) is 0 Å². The molecule has 0 aliphatic rings. The zero-order valence-corrected chi connectivity index (χ0v) is 7.97. The number of hydrogen-bond acceptors (Lipinski definition) is 2. The minimum absolute atomic E-state index is 0.645. The molecule has 2 aromatic rings. The fourth-order valence-electron chi connectivity index (χ4n) is 1.24. The second kappa shape index (κ2) is 3.92.